The molecule has 3 N–H and O–H groups in total. The maximum atomic E-state index is 11.8. The van der Waals surface area contributed by atoms with Gasteiger partial charge in [-0.15, -0.1) is 0 Å². The lowest BCUT2D eigenvalue weighted by molar-refractivity contribution is 0.126. The fourth-order valence-corrected chi connectivity index (χ4v) is 3.02. The summed E-state index contributed by atoms with van der Waals surface area (Å²) in [4.78, 5) is 17.1. The second kappa shape index (κ2) is 7.57. The molecule has 1 aromatic carbocycles. The summed E-state index contributed by atoms with van der Waals surface area (Å²) < 4.78 is 0. The van der Waals surface area contributed by atoms with Crippen molar-refractivity contribution in [2.45, 2.75) is 33.8 Å². The first-order valence-electron chi connectivity index (χ1n) is 7.63. The molecule has 0 aliphatic rings. The zero-order chi connectivity index (χ0) is 17.0. The molecular formula is C17H23N3O2S. The number of aryl methyl sites for hydroxylation is 2. The smallest absolute Gasteiger partial charge is 0.321 e. The van der Waals surface area contributed by atoms with Crippen LogP contribution in [0.15, 0.2) is 24.4 Å². The van der Waals surface area contributed by atoms with Gasteiger partial charge in [0.2, 0.25) is 0 Å². The Morgan fingerprint density at radius 3 is 2.74 bits per heavy atom. The number of carbonyl (C=O) groups excluding carboxylic acids is 1. The van der Waals surface area contributed by atoms with E-state index in [1.165, 1.54) is 22.5 Å². The average molecular weight is 333 g/mol. The van der Waals surface area contributed by atoms with Crippen LogP contribution in [-0.4, -0.2) is 28.8 Å². The van der Waals surface area contributed by atoms with Gasteiger partial charge in [0, 0.05) is 12.7 Å². The van der Waals surface area contributed by atoms with Gasteiger partial charge >= 0.3 is 6.03 Å². The van der Waals surface area contributed by atoms with Gasteiger partial charge in [-0.3, -0.25) is 5.32 Å². The monoisotopic (exact) mass is 333 g/mol. The minimum atomic E-state index is -0.553. The van der Waals surface area contributed by atoms with E-state index in [4.69, 9.17) is 0 Å². The highest BCUT2D eigenvalue weighted by molar-refractivity contribution is 7.19. The molecule has 0 radical (unpaired) electrons. The van der Waals surface area contributed by atoms with E-state index in [1.54, 1.807) is 6.20 Å². The van der Waals surface area contributed by atoms with Gasteiger partial charge < -0.3 is 10.4 Å². The Morgan fingerprint density at radius 2 is 2.09 bits per heavy atom. The number of nitrogens with zero attached hydrogens (tertiary/aromatic N) is 1. The summed E-state index contributed by atoms with van der Waals surface area (Å²) in [6.45, 7) is 8.16. The molecule has 2 aromatic rings. The number of aliphatic hydroxyl groups excluding tert-OH is 1. The number of rotatable bonds is 5. The summed E-state index contributed by atoms with van der Waals surface area (Å²) in [6, 6.07) is 5.91. The Balaban J connectivity index is 1.98. The minimum absolute atomic E-state index is 0.103. The van der Waals surface area contributed by atoms with Crippen LogP contribution in [0.5, 0.6) is 0 Å². The molecule has 1 heterocycles. The van der Waals surface area contributed by atoms with Gasteiger partial charge in [0.05, 0.1) is 11.0 Å². The molecule has 1 aromatic heterocycles. The standard InChI is InChI=1S/C17H23N3O2S/c1-10(2)14(21)8-18-16(22)20-17-19-9-15(23-17)13-6-5-11(3)7-12(13)4/h5-7,9-10,14,21H,8H2,1-4H3,(H2,18,19,20,22). The number of benzene rings is 1. The number of thiazole rings is 1. The molecule has 0 saturated carbocycles. The highest BCUT2D eigenvalue weighted by Gasteiger charge is 2.12. The number of aromatic nitrogens is 1. The van der Waals surface area contributed by atoms with Crippen molar-refractivity contribution < 1.29 is 9.90 Å². The van der Waals surface area contributed by atoms with E-state index in [-0.39, 0.29) is 18.5 Å². The third kappa shape index (κ3) is 4.77. The highest BCUT2D eigenvalue weighted by Crippen LogP contribution is 2.31. The number of nitrogens with one attached hydrogen (secondary N) is 2. The van der Waals surface area contributed by atoms with Gasteiger partial charge in [-0.05, 0) is 30.9 Å². The Bertz CT molecular complexity index is 682. The molecule has 2 amide bonds. The lowest BCUT2D eigenvalue weighted by Gasteiger charge is -2.14. The van der Waals surface area contributed by atoms with Crippen LogP contribution in [-0.2, 0) is 0 Å². The number of hydrogen-bond donors (Lipinski definition) is 3. The van der Waals surface area contributed by atoms with Crippen molar-refractivity contribution in [1.29, 1.82) is 0 Å². The SMILES string of the molecule is Cc1ccc(-c2cnc(NC(=O)NCC(O)C(C)C)s2)c(C)c1. The van der Waals surface area contributed by atoms with E-state index >= 15 is 0 Å². The molecule has 0 saturated heterocycles. The van der Waals surface area contributed by atoms with Gasteiger partial charge in [0.25, 0.3) is 0 Å². The molecule has 0 bridgehead atoms. The van der Waals surface area contributed by atoms with Crippen LogP contribution in [0.4, 0.5) is 9.93 Å². The van der Waals surface area contributed by atoms with E-state index in [0.717, 1.165) is 10.4 Å². The Kier molecular flexibility index (Phi) is 5.74. The van der Waals surface area contributed by atoms with Crippen molar-refractivity contribution in [3.8, 4) is 10.4 Å². The van der Waals surface area contributed by atoms with Crippen molar-refractivity contribution in [1.82, 2.24) is 10.3 Å². The predicted molar refractivity (Wildman–Crippen MR) is 94.9 cm³/mol. The molecule has 2 rings (SSSR count). The van der Waals surface area contributed by atoms with Crippen LogP contribution in [0.2, 0.25) is 0 Å². The fraction of sp³-hybridized carbons (Fsp3) is 0.412. The normalized spacial score (nSPS) is 12.3. The molecule has 0 fully saturated rings. The Labute approximate surface area is 140 Å². The first kappa shape index (κ1) is 17.4. The third-order valence-corrected chi connectivity index (χ3v) is 4.56. The topological polar surface area (TPSA) is 74.2 Å². The zero-order valence-electron chi connectivity index (χ0n) is 13.9. The number of hydrogen-bond acceptors (Lipinski definition) is 4. The molecule has 5 nitrogen and oxygen atoms in total. The summed E-state index contributed by atoms with van der Waals surface area (Å²) in [5.41, 5.74) is 3.53. The average Bonchev–Trinajstić information content (AvgIpc) is 2.92. The molecule has 6 heteroatoms. The second-order valence-corrected chi connectivity index (χ2v) is 7.03. The van der Waals surface area contributed by atoms with Crippen LogP contribution >= 0.6 is 11.3 Å². The largest absolute Gasteiger partial charge is 0.391 e. The Morgan fingerprint density at radius 1 is 1.35 bits per heavy atom. The quantitative estimate of drug-likeness (QED) is 0.783. The van der Waals surface area contributed by atoms with Crippen LogP contribution in [0.1, 0.15) is 25.0 Å². The summed E-state index contributed by atoms with van der Waals surface area (Å²) in [5.74, 6) is 0.103. The van der Waals surface area contributed by atoms with Gasteiger partial charge in [0.1, 0.15) is 0 Å². The first-order valence-corrected chi connectivity index (χ1v) is 8.45. The van der Waals surface area contributed by atoms with Crippen molar-refractivity contribution in [2.75, 3.05) is 11.9 Å². The minimum Gasteiger partial charge on any atom is -0.391 e. The van der Waals surface area contributed by atoms with Gasteiger partial charge in [-0.1, -0.05) is 48.9 Å². The van der Waals surface area contributed by atoms with Gasteiger partial charge in [-0.25, -0.2) is 9.78 Å². The number of aliphatic hydroxyl groups is 1. The van der Waals surface area contributed by atoms with Crippen molar-refractivity contribution in [2.24, 2.45) is 5.92 Å². The third-order valence-electron chi connectivity index (χ3n) is 3.61. The maximum absolute atomic E-state index is 11.8. The maximum Gasteiger partial charge on any atom is 0.321 e. The van der Waals surface area contributed by atoms with Crippen molar-refractivity contribution >= 4 is 22.5 Å². The summed E-state index contributed by atoms with van der Waals surface area (Å²) in [5, 5.41) is 15.6. The molecule has 1 unspecified atom stereocenters. The molecule has 23 heavy (non-hydrogen) atoms. The molecule has 1 atom stereocenters. The predicted octanol–water partition coefficient (Wildman–Crippen LogP) is 3.57. The molecule has 0 spiro atoms. The lowest BCUT2D eigenvalue weighted by atomic mass is 10.1. The van der Waals surface area contributed by atoms with E-state index in [2.05, 4.69) is 47.7 Å². The number of urea groups is 1. The van der Waals surface area contributed by atoms with Crippen LogP contribution < -0.4 is 10.6 Å². The van der Waals surface area contributed by atoms with Crippen LogP contribution in [0.25, 0.3) is 10.4 Å². The van der Waals surface area contributed by atoms with E-state index in [0.29, 0.717) is 5.13 Å². The number of amides is 2. The van der Waals surface area contributed by atoms with Crippen LogP contribution in [0.3, 0.4) is 0 Å². The second-order valence-electron chi connectivity index (χ2n) is 5.99. The fourth-order valence-electron chi connectivity index (χ4n) is 2.12. The van der Waals surface area contributed by atoms with Crippen molar-refractivity contribution in [3.05, 3.63) is 35.5 Å². The number of carbonyl (C=O) groups is 1. The van der Waals surface area contributed by atoms with Crippen molar-refractivity contribution in [3.63, 3.8) is 0 Å². The van der Waals surface area contributed by atoms with E-state index < -0.39 is 6.10 Å². The van der Waals surface area contributed by atoms with E-state index in [9.17, 15) is 9.90 Å². The lowest BCUT2D eigenvalue weighted by Crippen LogP contribution is -2.37. The Hall–Kier alpha value is -1.92. The zero-order valence-corrected chi connectivity index (χ0v) is 14.7. The summed E-state index contributed by atoms with van der Waals surface area (Å²) in [6.07, 6.45) is 1.21. The highest BCUT2D eigenvalue weighted by atomic mass is 32.1. The molecular weight excluding hydrogens is 310 g/mol. The van der Waals surface area contributed by atoms with E-state index in [1.807, 2.05) is 13.8 Å². The van der Waals surface area contributed by atoms with Gasteiger partial charge in [-0.2, -0.15) is 0 Å². The first-order chi connectivity index (χ1) is 10.9. The summed E-state index contributed by atoms with van der Waals surface area (Å²) in [7, 11) is 0. The number of anilines is 1. The summed E-state index contributed by atoms with van der Waals surface area (Å²) >= 11 is 1.43. The van der Waals surface area contributed by atoms with Crippen LogP contribution in [0, 0.1) is 19.8 Å². The molecule has 0 aliphatic heterocycles. The molecule has 0 aliphatic carbocycles. The van der Waals surface area contributed by atoms with Gasteiger partial charge in [0.15, 0.2) is 5.13 Å². The molecule has 124 valence electrons.